The van der Waals surface area contributed by atoms with Crippen molar-refractivity contribution in [2.24, 2.45) is 11.7 Å². The first kappa shape index (κ1) is 21.4. The molecule has 8 nitrogen and oxygen atoms in total. The lowest BCUT2D eigenvalue weighted by molar-refractivity contribution is -0.127. The van der Waals surface area contributed by atoms with Crippen LogP contribution >= 0.6 is 0 Å². The van der Waals surface area contributed by atoms with Gasteiger partial charge in [-0.2, -0.15) is 0 Å². The molecule has 0 unspecified atom stereocenters. The molecule has 0 spiro atoms. The van der Waals surface area contributed by atoms with Gasteiger partial charge in [-0.25, -0.2) is 4.79 Å². The molecule has 0 fully saturated rings. The van der Waals surface area contributed by atoms with Gasteiger partial charge in [0, 0.05) is 18.7 Å². The van der Waals surface area contributed by atoms with Gasteiger partial charge in [0.05, 0.1) is 6.61 Å². The summed E-state index contributed by atoms with van der Waals surface area (Å²) in [4.78, 5) is 35.3. The molecule has 144 valence electrons. The van der Waals surface area contributed by atoms with Crippen molar-refractivity contribution in [1.82, 2.24) is 10.6 Å². The molecule has 8 heteroatoms. The van der Waals surface area contributed by atoms with E-state index in [9.17, 15) is 14.4 Å². The highest BCUT2D eigenvalue weighted by Gasteiger charge is 2.21. The Morgan fingerprint density at radius 2 is 1.81 bits per heavy atom. The molecule has 0 radical (unpaired) electrons. The number of anilines is 1. The summed E-state index contributed by atoms with van der Waals surface area (Å²) in [6.45, 7) is 4.10. The van der Waals surface area contributed by atoms with Crippen LogP contribution in [0.1, 0.15) is 38.7 Å². The highest BCUT2D eigenvalue weighted by molar-refractivity contribution is 5.97. The fourth-order valence-corrected chi connectivity index (χ4v) is 2.33. The Hall–Kier alpha value is -2.61. The van der Waals surface area contributed by atoms with Gasteiger partial charge in [-0.05, 0) is 36.5 Å². The number of benzene rings is 1. The maximum Gasteiger partial charge on any atom is 0.312 e. The van der Waals surface area contributed by atoms with E-state index in [-0.39, 0.29) is 24.3 Å². The summed E-state index contributed by atoms with van der Waals surface area (Å²) in [6, 6.07) is 5.44. The molecule has 0 saturated heterocycles. The fraction of sp³-hybridized carbons (Fsp3) is 0.500. The lowest BCUT2D eigenvalue weighted by Crippen LogP contribution is -2.44. The van der Waals surface area contributed by atoms with Crippen LogP contribution in [0.15, 0.2) is 24.3 Å². The quantitative estimate of drug-likeness (QED) is 0.397. The number of rotatable bonds is 10. The predicted molar refractivity (Wildman–Crippen MR) is 99.2 cm³/mol. The van der Waals surface area contributed by atoms with Crippen LogP contribution in [0.3, 0.4) is 0 Å². The zero-order valence-electron chi connectivity index (χ0n) is 15.2. The van der Waals surface area contributed by atoms with Crippen molar-refractivity contribution >= 4 is 23.5 Å². The second-order valence-electron chi connectivity index (χ2n) is 6.50. The van der Waals surface area contributed by atoms with E-state index in [2.05, 4.69) is 16.0 Å². The molecule has 0 bridgehead atoms. The molecule has 0 aliphatic rings. The smallest absolute Gasteiger partial charge is 0.312 e. The van der Waals surface area contributed by atoms with Crippen molar-refractivity contribution < 1.29 is 19.5 Å². The minimum Gasteiger partial charge on any atom is -0.392 e. The van der Waals surface area contributed by atoms with Crippen LogP contribution < -0.4 is 21.7 Å². The van der Waals surface area contributed by atoms with E-state index < -0.39 is 12.1 Å². The number of carbonyl (C=O) groups is 3. The Labute approximate surface area is 153 Å². The van der Waals surface area contributed by atoms with Crippen molar-refractivity contribution in [2.45, 2.75) is 45.8 Å². The van der Waals surface area contributed by atoms with E-state index in [0.717, 1.165) is 5.56 Å². The maximum atomic E-state index is 12.5. The zero-order chi connectivity index (χ0) is 19.5. The normalized spacial score (nSPS) is 11.7. The maximum absolute atomic E-state index is 12.5. The predicted octanol–water partition coefficient (Wildman–Crippen LogP) is 1.10. The molecule has 26 heavy (non-hydrogen) atoms. The highest BCUT2D eigenvalue weighted by Crippen LogP contribution is 2.11. The first-order chi connectivity index (χ1) is 12.3. The summed E-state index contributed by atoms with van der Waals surface area (Å²) in [6.07, 6.45) is 1.19. The van der Waals surface area contributed by atoms with E-state index in [1.54, 1.807) is 24.3 Å². The number of aliphatic hydroxyl groups excluding tert-OH is 1. The molecular formula is C18H28N4O4. The van der Waals surface area contributed by atoms with Crippen molar-refractivity contribution in [3.05, 3.63) is 29.8 Å². The fourth-order valence-electron chi connectivity index (χ4n) is 2.33. The number of nitrogens with two attached hydrogens (primary N) is 1. The Morgan fingerprint density at radius 3 is 2.35 bits per heavy atom. The number of hydrogen-bond donors (Lipinski definition) is 5. The molecule has 1 atom stereocenters. The van der Waals surface area contributed by atoms with Crippen molar-refractivity contribution in [3.8, 4) is 0 Å². The van der Waals surface area contributed by atoms with Gasteiger partial charge >= 0.3 is 6.03 Å². The number of carbonyl (C=O) groups excluding carboxylic acids is 3. The van der Waals surface area contributed by atoms with Crippen molar-refractivity contribution in [3.63, 3.8) is 0 Å². The van der Waals surface area contributed by atoms with Crippen LogP contribution in [-0.4, -0.2) is 35.5 Å². The third kappa shape index (κ3) is 8.48. The van der Waals surface area contributed by atoms with Crippen molar-refractivity contribution in [2.75, 3.05) is 11.9 Å². The average molecular weight is 364 g/mol. The number of aliphatic hydroxyl groups is 1. The van der Waals surface area contributed by atoms with E-state index in [4.69, 9.17) is 10.8 Å². The summed E-state index contributed by atoms with van der Waals surface area (Å²) in [7, 11) is 0. The lowest BCUT2D eigenvalue weighted by Gasteiger charge is -2.19. The summed E-state index contributed by atoms with van der Waals surface area (Å²) in [5.41, 5.74) is 6.33. The van der Waals surface area contributed by atoms with Gasteiger partial charge in [0.25, 0.3) is 0 Å². The number of hydrogen-bond acceptors (Lipinski definition) is 4. The first-order valence-electron chi connectivity index (χ1n) is 8.65. The van der Waals surface area contributed by atoms with Crippen LogP contribution in [0.4, 0.5) is 10.5 Å². The summed E-state index contributed by atoms with van der Waals surface area (Å²) in [5.74, 6) is -0.349. The molecule has 4 amide bonds. The third-order valence-corrected chi connectivity index (χ3v) is 3.62. The number of amides is 4. The minimum atomic E-state index is -0.714. The standard InChI is InChI=1S/C18H28N4O4/c1-12(2)10-16(24)22-15(4-3-9-20-18(19)26)17(25)21-14-7-5-13(11-23)6-8-14/h5-8,12,15,23H,3-4,9-11H2,1-2H3,(H,21,25)(H,22,24)(H3,19,20,26)/t15-/m0/s1. The monoisotopic (exact) mass is 364 g/mol. The molecule has 1 aromatic rings. The van der Waals surface area contributed by atoms with Crippen LogP contribution in [0, 0.1) is 5.92 Å². The topological polar surface area (TPSA) is 134 Å². The molecule has 1 aromatic carbocycles. The van der Waals surface area contributed by atoms with Gasteiger partial charge < -0.3 is 26.8 Å². The summed E-state index contributed by atoms with van der Waals surface area (Å²) in [5, 5.41) is 17.0. The summed E-state index contributed by atoms with van der Waals surface area (Å²) < 4.78 is 0. The van der Waals surface area contributed by atoms with Crippen LogP contribution in [0.2, 0.25) is 0 Å². The Balaban J connectivity index is 2.68. The van der Waals surface area contributed by atoms with Gasteiger partial charge in [-0.3, -0.25) is 9.59 Å². The molecule has 0 heterocycles. The van der Waals surface area contributed by atoms with Gasteiger partial charge in [-0.15, -0.1) is 0 Å². The van der Waals surface area contributed by atoms with Gasteiger partial charge in [0.2, 0.25) is 11.8 Å². The zero-order valence-corrected chi connectivity index (χ0v) is 15.2. The first-order valence-corrected chi connectivity index (χ1v) is 8.65. The third-order valence-electron chi connectivity index (χ3n) is 3.62. The van der Waals surface area contributed by atoms with Crippen LogP contribution in [-0.2, 0) is 16.2 Å². The number of urea groups is 1. The molecule has 0 aliphatic heterocycles. The minimum absolute atomic E-state index is 0.0744. The summed E-state index contributed by atoms with van der Waals surface area (Å²) >= 11 is 0. The lowest BCUT2D eigenvalue weighted by atomic mass is 10.1. The Morgan fingerprint density at radius 1 is 1.15 bits per heavy atom. The Bertz CT molecular complexity index is 602. The molecule has 1 rings (SSSR count). The van der Waals surface area contributed by atoms with E-state index in [0.29, 0.717) is 31.5 Å². The van der Waals surface area contributed by atoms with E-state index in [1.807, 2.05) is 13.8 Å². The second kappa shape index (κ2) is 11.1. The van der Waals surface area contributed by atoms with E-state index in [1.165, 1.54) is 0 Å². The number of primary amides is 1. The molecular weight excluding hydrogens is 336 g/mol. The highest BCUT2D eigenvalue weighted by atomic mass is 16.3. The Kier molecular flexibility index (Phi) is 9.14. The number of nitrogens with one attached hydrogen (secondary N) is 3. The molecule has 0 saturated carbocycles. The van der Waals surface area contributed by atoms with Crippen LogP contribution in [0.25, 0.3) is 0 Å². The molecule has 6 N–H and O–H groups in total. The second-order valence-corrected chi connectivity index (χ2v) is 6.50. The van der Waals surface area contributed by atoms with Gasteiger partial charge in [-0.1, -0.05) is 26.0 Å². The van der Waals surface area contributed by atoms with E-state index >= 15 is 0 Å². The average Bonchev–Trinajstić information content (AvgIpc) is 2.57. The SMILES string of the molecule is CC(C)CC(=O)N[C@@H](CCCNC(N)=O)C(=O)Nc1ccc(CO)cc1. The van der Waals surface area contributed by atoms with Crippen molar-refractivity contribution in [1.29, 1.82) is 0 Å². The molecule has 0 aliphatic carbocycles. The largest absolute Gasteiger partial charge is 0.392 e. The van der Waals surface area contributed by atoms with Gasteiger partial charge in [0.1, 0.15) is 6.04 Å². The van der Waals surface area contributed by atoms with Crippen LogP contribution in [0.5, 0.6) is 0 Å². The molecule has 0 aromatic heterocycles. The van der Waals surface area contributed by atoms with Gasteiger partial charge in [0.15, 0.2) is 0 Å².